The SMILES string of the molecule is C/C(=C\C=C(/N)N1CN(NC(=O)OOOOOOOONc2cccc3c2C(=O)N(C2CCC(=O)NC2=O)C3=O)C1)c1cc(NC(C)C)c(N)c(C(=O)NCc2c(C)cc(C)[nH]c2=O)c1. The van der Waals surface area contributed by atoms with Crippen LogP contribution in [0.1, 0.15) is 87.1 Å². The van der Waals surface area contributed by atoms with E-state index in [1.807, 2.05) is 32.9 Å². The maximum Gasteiger partial charge on any atom is 0.456 e. The average molecular weight is 908 g/mol. The van der Waals surface area contributed by atoms with E-state index in [0.29, 0.717) is 28.3 Å². The Morgan fingerprint density at radius 2 is 1.66 bits per heavy atom. The minimum Gasteiger partial charge on any atom is -0.396 e. The molecule has 0 spiro atoms. The van der Waals surface area contributed by atoms with Crippen LogP contribution in [0.3, 0.4) is 0 Å². The molecule has 0 aliphatic carbocycles. The normalized spacial score (nSPS) is 16.6. The molecular formula is C39H45N11O15. The summed E-state index contributed by atoms with van der Waals surface area (Å²) >= 11 is 0. The third kappa shape index (κ3) is 11.4. The van der Waals surface area contributed by atoms with Gasteiger partial charge < -0.3 is 32.0 Å². The summed E-state index contributed by atoms with van der Waals surface area (Å²) in [7, 11) is 0. The third-order valence-electron chi connectivity index (χ3n) is 9.95. The molecule has 6 amide bonds. The van der Waals surface area contributed by atoms with Crippen LogP contribution in [0.25, 0.3) is 5.57 Å². The second-order valence-corrected chi connectivity index (χ2v) is 15.0. The number of H-pyrrole nitrogens is 1. The van der Waals surface area contributed by atoms with Gasteiger partial charge in [-0.2, -0.15) is 5.01 Å². The number of carbonyl (C=O) groups is 6. The van der Waals surface area contributed by atoms with Gasteiger partial charge in [-0.15, -0.1) is 0 Å². The molecule has 2 aromatic carbocycles. The lowest BCUT2D eigenvalue weighted by Gasteiger charge is -2.42. The van der Waals surface area contributed by atoms with Gasteiger partial charge in [-0.1, -0.05) is 17.1 Å². The second-order valence-electron chi connectivity index (χ2n) is 15.0. The van der Waals surface area contributed by atoms with Crippen LogP contribution < -0.4 is 43.9 Å². The van der Waals surface area contributed by atoms with E-state index < -0.39 is 41.7 Å². The summed E-state index contributed by atoms with van der Waals surface area (Å²) in [6.07, 6.45) is 2.20. The Morgan fingerprint density at radius 3 is 2.37 bits per heavy atom. The number of aryl methyl sites for hydroxylation is 2. The molecule has 26 heteroatoms. The van der Waals surface area contributed by atoms with Gasteiger partial charge in [0, 0.05) is 50.4 Å². The number of hydrazine groups is 1. The number of pyridine rings is 1. The molecule has 0 radical (unpaired) electrons. The van der Waals surface area contributed by atoms with Crippen LogP contribution in [0.15, 0.2) is 59.2 Å². The number of nitrogens with zero attached hydrogens (tertiary/aromatic N) is 3. The lowest BCUT2D eigenvalue weighted by atomic mass is 10.00. The predicted octanol–water partition coefficient (Wildman–Crippen LogP) is 1.65. The van der Waals surface area contributed by atoms with Crippen molar-refractivity contribution >= 4 is 58.3 Å². The standard InChI is InChI=1S/C39H45N11O15/c1-19(2)43-28-15-23(14-25(33(28)41)34(52)42-16-26-21(4)13-22(5)44-35(26)53)20(3)9-11-30(40)48-17-49(18-48)46-39(57)58-60-62-64-65-63-61-59-47-27-8-6-7-24-32(27)38(56)50(37(24)55)29-10-12-31(51)45-36(29)54/h6-9,11,13-15,19,29,43,47H,10,12,16-18,40-41H2,1-5H3,(H,42,52)(H,44,53)(H,46,57)(H,45,51,54)/b20-9+,30-11+. The monoisotopic (exact) mass is 907 g/mol. The number of imide groups is 2. The van der Waals surface area contributed by atoms with Crippen molar-refractivity contribution in [2.24, 2.45) is 5.73 Å². The van der Waals surface area contributed by atoms with Crippen LogP contribution in [0, 0.1) is 13.8 Å². The summed E-state index contributed by atoms with van der Waals surface area (Å²) in [5.74, 6) is -2.95. The molecule has 4 heterocycles. The Hall–Kier alpha value is -7.43. The molecule has 3 aromatic rings. The second kappa shape index (κ2) is 20.8. The van der Waals surface area contributed by atoms with E-state index in [1.54, 1.807) is 37.0 Å². The smallest absolute Gasteiger partial charge is 0.396 e. The molecule has 3 aliphatic rings. The van der Waals surface area contributed by atoms with Gasteiger partial charge >= 0.3 is 6.09 Å². The first-order valence-corrected chi connectivity index (χ1v) is 19.6. The van der Waals surface area contributed by atoms with Crippen molar-refractivity contribution in [1.29, 1.82) is 0 Å². The minimum atomic E-state index is -1.18. The quantitative estimate of drug-likeness (QED) is 0.0212. The first-order chi connectivity index (χ1) is 31.0. The summed E-state index contributed by atoms with van der Waals surface area (Å²) in [5.41, 5.74) is 21.1. The molecule has 1 atom stereocenters. The van der Waals surface area contributed by atoms with Crippen molar-refractivity contribution in [2.45, 2.75) is 66.1 Å². The number of allylic oxidation sites excluding steroid dienone is 3. The number of hydrogen-bond donors (Lipinski definition) is 8. The van der Waals surface area contributed by atoms with Crippen molar-refractivity contribution in [1.82, 2.24) is 35.9 Å². The lowest BCUT2D eigenvalue weighted by Crippen LogP contribution is -2.62. The third-order valence-corrected chi connectivity index (χ3v) is 9.95. The Labute approximate surface area is 368 Å². The van der Waals surface area contributed by atoms with Crippen molar-refractivity contribution in [3.63, 3.8) is 0 Å². The van der Waals surface area contributed by atoms with Gasteiger partial charge in [0.15, 0.2) is 0 Å². The summed E-state index contributed by atoms with van der Waals surface area (Å²) in [5, 5.41) is 33.8. The van der Waals surface area contributed by atoms with Crippen LogP contribution in [-0.2, 0) is 56.2 Å². The molecule has 0 saturated carbocycles. The van der Waals surface area contributed by atoms with Gasteiger partial charge in [0.05, 0.1) is 47.1 Å². The molecule has 3 aliphatic heterocycles. The molecule has 6 rings (SSSR count). The zero-order valence-electron chi connectivity index (χ0n) is 35.4. The summed E-state index contributed by atoms with van der Waals surface area (Å²) < 4.78 is 0. The summed E-state index contributed by atoms with van der Waals surface area (Å²) in [6, 6.07) is 8.28. The molecule has 26 nitrogen and oxygen atoms in total. The number of carbonyl (C=O) groups excluding carboxylic acids is 6. The Balaban J connectivity index is 0.887. The zero-order valence-corrected chi connectivity index (χ0v) is 35.4. The number of nitrogens with one attached hydrogen (secondary N) is 6. The van der Waals surface area contributed by atoms with Crippen molar-refractivity contribution in [3.8, 4) is 0 Å². The van der Waals surface area contributed by atoms with Gasteiger partial charge in [0.2, 0.25) is 11.8 Å². The number of rotatable bonds is 19. The Bertz CT molecular complexity index is 2490. The van der Waals surface area contributed by atoms with Crippen LogP contribution in [-0.4, -0.2) is 80.8 Å². The number of piperidine rings is 1. The van der Waals surface area contributed by atoms with E-state index in [-0.39, 0.29) is 72.4 Å². The van der Waals surface area contributed by atoms with E-state index in [2.05, 4.69) is 71.9 Å². The summed E-state index contributed by atoms with van der Waals surface area (Å²) in [6.45, 7) is 9.59. The number of amides is 6. The zero-order chi connectivity index (χ0) is 46.9. The topological polar surface area (TPSA) is 331 Å². The highest BCUT2D eigenvalue weighted by molar-refractivity contribution is 6.25. The molecular weight excluding hydrogens is 862 g/mol. The molecule has 1 unspecified atom stereocenters. The maximum atomic E-state index is 13.4. The van der Waals surface area contributed by atoms with E-state index in [1.165, 1.54) is 23.2 Å². The fourth-order valence-electron chi connectivity index (χ4n) is 6.79. The van der Waals surface area contributed by atoms with Crippen LogP contribution >= 0.6 is 0 Å². The number of fused-ring (bicyclic) bond motifs is 1. The highest BCUT2D eigenvalue weighted by Crippen LogP contribution is 2.33. The van der Waals surface area contributed by atoms with Gasteiger partial charge in [-0.3, -0.25) is 39.0 Å². The molecule has 1 aromatic heterocycles. The highest BCUT2D eigenvalue weighted by atomic mass is 17.9. The average Bonchev–Trinajstić information content (AvgIpc) is 3.49. The van der Waals surface area contributed by atoms with Crippen molar-refractivity contribution in [2.75, 3.05) is 29.9 Å². The molecule has 0 bridgehead atoms. The maximum absolute atomic E-state index is 13.4. The van der Waals surface area contributed by atoms with E-state index >= 15 is 0 Å². The fraction of sp³-hybridized carbons (Fsp3) is 0.308. The van der Waals surface area contributed by atoms with Crippen LogP contribution in [0.5, 0.6) is 0 Å². The molecule has 10 N–H and O–H groups in total. The number of benzene rings is 2. The van der Waals surface area contributed by atoms with E-state index in [0.717, 1.165) is 16.0 Å². The van der Waals surface area contributed by atoms with Crippen LogP contribution in [0.2, 0.25) is 0 Å². The molecule has 346 valence electrons. The predicted molar refractivity (Wildman–Crippen MR) is 221 cm³/mol. The number of anilines is 3. The first-order valence-electron chi connectivity index (χ1n) is 19.6. The molecule has 65 heavy (non-hydrogen) atoms. The first kappa shape index (κ1) is 47.1. The minimum absolute atomic E-state index is 0.00460. The fourth-order valence-corrected chi connectivity index (χ4v) is 6.79. The number of hydrogen-bond acceptors (Lipinski definition) is 21. The van der Waals surface area contributed by atoms with E-state index in [9.17, 15) is 33.6 Å². The highest BCUT2D eigenvalue weighted by Gasteiger charge is 2.45. The van der Waals surface area contributed by atoms with Crippen molar-refractivity contribution in [3.05, 3.63) is 104 Å². The largest absolute Gasteiger partial charge is 0.456 e. The number of aromatic amines is 1. The summed E-state index contributed by atoms with van der Waals surface area (Å²) in [4.78, 5) is 102. The van der Waals surface area contributed by atoms with Gasteiger partial charge in [-0.25, -0.2) is 20.6 Å². The lowest BCUT2D eigenvalue weighted by molar-refractivity contribution is -0.808. The number of nitrogens with two attached hydrogens (primary N) is 2. The van der Waals surface area contributed by atoms with Gasteiger partial charge in [0.1, 0.15) is 11.9 Å². The van der Waals surface area contributed by atoms with Gasteiger partial charge in [0.25, 0.3) is 23.3 Å². The molecule has 2 fully saturated rings. The van der Waals surface area contributed by atoms with E-state index in [4.69, 9.17) is 11.5 Å². The van der Waals surface area contributed by atoms with Gasteiger partial charge in [-0.05, 0) is 104 Å². The van der Waals surface area contributed by atoms with Crippen molar-refractivity contribution < 1.29 is 68.9 Å². The number of aromatic nitrogens is 1. The van der Waals surface area contributed by atoms with Crippen LogP contribution in [0.4, 0.5) is 21.9 Å². The molecule has 2 saturated heterocycles. The Kier molecular flexibility index (Phi) is 15.1. The number of nitrogen functional groups attached to an aromatic ring is 1. The Morgan fingerprint density at radius 1 is 0.938 bits per heavy atom.